The molecular formula is C16H18IO5P. The van der Waals surface area contributed by atoms with Crippen LogP contribution in [0.25, 0.3) is 0 Å². The summed E-state index contributed by atoms with van der Waals surface area (Å²) in [6.07, 6.45) is -0.0487. The van der Waals surface area contributed by atoms with E-state index in [9.17, 15) is 14.6 Å². The topological polar surface area (TPSA) is 76.0 Å². The Hall–Kier alpha value is -1.08. The highest BCUT2D eigenvalue weighted by molar-refractivity contribution is 14.1. The Morgan fingerprint density at radius 2 is 1.74 bits per heavy atom. The predicted molar refractivity (Wildman–Crippen MR) is 97.3 cm³/mol. The molecule has 1 unspecified atom stereocenters. The second-order valence-corrected chi connectivity index (χ2v) is 8.40. The minimum atomic E-state index is -3.58. The van der Waals surface area contributed by atoms with E-state index in [-0.39, 0.29) is 17.8 Å². The number of aromatic hydroxyl groups is 1. The maximum Gasteiger partial charge on any atom is 0.341 e. The van der Waals surface area contributed by atoms with Crippen LogP contribution in [0.1, 0.15) is 30.9 Å². The minimum Gasteiger partial charge on any atom is -0.508 e. The van der Waals surface area contributed by atoms with E-state index >= 15 is 0 Å². The van der Waals surface area contributed by atoms with E-state index in [1.807, 2.05) is 13.8 Å². The highest BCUT2D eigenvalue weighted by Crippen LogP contribution is 2.47. The fourth-order valence-electron chi connectivity index (χ4n) is 2.11. The van der Waals surface area contributed by atoms with Gasteiger partial charge >= 0.3 is 7.60 Å². The first-order chi connectivity index (χ1) is 10.8. The van der Waals surface area contributed by atoms with Gasteiger partial charge in [0, 0.05) is 5.56 Å². The van der Waals surface area contributed by atoms with Crippen molar-refractivity contribution >= 4 is 30.6 Å². The van der Waals surface area contributed by atoms with E-state index in [1.165, 1.54) is 23.0 Å². The van der Waals surface area contributed by atoms with E-state index in [0.717, 1.165) is 5.56 Å². The average molecular weight is 448 g/mol. The lowest BCUT2D eigenvalue weighted by Crippen LogP contribution is -1.91. The lowest BCUT2D eigenvalue weighted by Gasteiger charge is -2.12. The molecule has 0 radical (unpaired) electrons. The lowest BCUT2D eigenvalue weighted by molar-refractivity contribution is 0.414. The SMILES string of the molecule is CC(C)c1cc(Oc2ccc(CP(=O)(O)OI)cc2)ccc1O. The standard InChI is InChI=1S/C16H18IO5P/c1-11(2)15-9-14(7-8-16(15)18)21-13-5-3-12(4-6-13)10-23(19,20)22-17/h3-9,11,18H,10H2,1-2H3,(H,19,20). The van der Waals surface area contributed by atoms with Crippen LogP contribution in [0.5, 0.6) is 17.2 Å². The van der Waals surface area contributed by atoms with Gasteiger partial charge in [0.15, 0.2) is 0 Å². The van der Waals surface area contributed by atoms with Crippen molar-refractivity contribution in [1.29, 1.82) is 0 Å². The zero-order valence-electron chi connectivity index (χ0n) is 12.8. The van der Waals surface area contributed by atoms with Crippen LogP contribution in [0.2, 0.25) is 0 Å². The molecule has 0 aliphatic rings. The molecule has 0 fully saturated rings. The van der Waals surface area contributed by atoms with Crippen molar-refractivity contribution in [1.82, 2.24) is 0 Å². The number of benzene rings is 2. The molecule has 1 atom stereocenters. The normalized spacial score (nSPS) is 13.8. The first-order valence-corrected chi connectivity index (χ1v) is 9.67. The summed E-state index contributed by atoms with van der Waals surface area (Å²) in [4.78, 5) is 9.46. The molecule has 7 heteroatoms. The number of rotatable bonds is 6. The van der Waals surface area contributed by atoms with Gasteiger partial charge in [0.05, 0.1) is 6.16 Å². The molecule has 0 aliphatic carbocycles. The van der Waals surface area contributed by atoms with Crippen molar-refractivity contribution in [2.75, 3.05) is 0 Å². The van der Waals surface area contributed by atoms with E-state index in [2.05, 4.69) is 2.85 Å². The molecule has 2 rings (SSSR count). The fraction of sp³-hybridized carbons (Fsp3) is 0.250. The molecule has 2 aromatic carbocycles. The molecule has 0 aromatic heterocycles. The Morgan fingerprint density at radius 3 is 2.30 bits per heavy atom. The van der Waals surface area contributed by atoms with Gasteiger partial charge in [-0.15, -0.1) is 0 Å². The number of phenols is 1. The number of hydrogen-bond acceptors (Lipinski definition) is 4. The molecule has 0 spiro atoms. The fourth-order valence-corrected chi connectivity index (χ4v) is 3.25. The number of halogens is 1. The van der Waals surface area contributed by atoms with Crippen LogP contribution in [0.15, 0.2) is 42.5 Å². The molecule has 124 valence electrons. The van der Waals surface area contributed by atoms with Crippen molar-refractivity contribution in [3.05, 3.63) is 53.6 Å². The summed E-state index contributed by atoms with van der Waals surface area (Å²) in [6, 6.07) is 12.0. The zero-order valence-corrected chi connectivity index (χ0v) is 15.8. The van der Waals surface area contributed by atoms with E-state index in [0.29, 0.717) is 17.1 Å². The predicted octanol–water partition coefficient (Wildman–Crippen LogP) is 5.36. The van der Waals surface area contributed by atoms with Crippen LogP contribution in [0.4, 0.5) is 0 Å². The van der Waals surface area contributed by atoms with Crippen LogP contribution in [0.3, 0.4) is 0 Å². The largest absolute Gasteiger partial charge is 0.508 e. The van der Waals surface area contributed by atoms with E-state index in [4.69, 9.17) is 4.74 Å². The molecule has 0 saturated carbocycles. The van der Waals surface area contributed by atoms with Crippen LogP contribution < -0.4 is 4.74 Å². The summed E-state index contributed by atoms with van der Waals surface area (Å²) < 4.78 is 21.8. The maximum absolute atomic E-state index is 11.5. The number of ether oxygens (including phenoxy) is 1. The molecule has 2 N–H and O–H groups in total. The summed E-state index contributed by atoms with van der Waals surface area (Å²) in [5.74, 6) is 1.67. The van der Waals surface area contributed by atoms with Crippen molar-refractivity contribution < 1.29 is 22.2 Å². The summed E-state index contributed by atoms with van der Waals surface area (Å²) >= 11 is 1.43. The average Bonchev–Trinajstić information content (AvgIpc) is 2.50. The van der Waals surface area contributed by atoms with Crippen molar-refractivity contribution in [3.8, 4) is 17.2 Å². The Morgan fingerprint density at radius 1 is 1.13 bits per heavy atom. The second kappa shape index (κ2) is 7.66. The highest BCUT2D eigenvalue weighted by atomic mass is 127. The third kappa shape index (κ3) is 5.21. The summed E-state index contributed by atoms with van der Waals surface area (Å²) in [5, 5.41) is 9.82. The molecule has 0 amide bonds. The Bertz CT molecular complexity index is 715. The van der Waals surface area contributed by atoms with E-state index in [1.54, 1.807) is 42.5 Å². The number of hydrogen-bond donors (Lipinski definition) is 2. The molecule has 0 aliphatic heterocycles. The molecule has 23 heavy (non-hydrogen) atoms. The highest BCUT2D eigenvalue weighted by Gasteiger charge is 2.18. The third-order valence-corrected chi connectivity index (χ3v) is 6.10. The van der Waals surface area contributed by atoms with E-state index < -0.39 is 7.60 Å². The smallest absolute Gasteiger partial charge is 0.341 e. The van der Waals surface area contributed by atoms with Gasteiger partial charge in [-0.3, -0.25) is 4.57 Å². The van der Waals surface area contributed by atoms with Crippen LogP contribution in [-0.2, 0) is 13.6 Å². The molecule has 0 heterocycles. The lowest BCUT2D eigenvalue weighted by atomic mass is 10.0. The molecule has 5 nitrogen and oxygen atoms in total. The maximum atomic E-state index is 11.5. The van der Waals surface area contributed by atoms with Gasteiger partial charge in [0.25, 0.3) is 0 Å². The Labute approximate surface area is 149 Å². The summed E-state index contributed by atoms with van der Waals surface area (Å²) in [5.41, 5.74) is 1.51. The molecule has 0 saturated heterocycles. The first kappa shape index (κ1) is 18.3. The minimum absolute atomic E-state index is 0.0487. The Balaban J connectivity index is 2.12. The van der Waals surface area contributed by atoms with Gasteiger partial charge in [-0.05, 0) is 41.8 Å². The molecular weight excluding hydrogens is 430 g/mol. The summed E-state index contributed by atoms with van der Waals surface area (Å²) in [6.45, 7) is 3.99. The summed E-state index contributed by atoms with van der Waals surface area (Å²) in [7, 11) is -3.58. The quantitative estimate of drug-likeness (QED) is 0.460. The molecule has 0 bridgehead atoms. The molecule has 2 aromatic rings. The Kier molecular flexibility index (Phi) is 6.08. The third-order valence-electron chi connectivity index (χ3n) is 3.27. The first-order valence-electron chi connectivity index (χ1n) is 7.02. The second-order valence-electron chi connectivity index (χ2n) is 5.49. The van der Waals surface area contributed by atoms with Gasteiger partial charge in [0.2, 0.25) is 0 Å². The van der Waals surface area contributed by atoms with Crippen LogP contribution in [0, 0.1) is 0 Å². The van der Waals surface area contributed by atoms with Gasteiger partial charge < -0.3 is 14.7 Å². The number of phenolic OH excluding ortho intramolecular Hbond substituents is 1. The van der Waals surface area contributed by atoms with Crippen LogP contribution in [-0.4, -0.2) is 10.00 Å². The van der Waals surface area contributed by atoms with Gasteiger partial charge in [-0.2, -0.15) is 0 Å². The van der Waals surface area contributed by atoms with Crippen molar-refractivity contribution in [2.45, 2.75) is 25.9 Å². The van der Waals surface area contributed by atoms with Crippen LogP contribution >= 0.6 is 30.6 Å². The van der Waals surface area contributed by atoms with Crippen molar-refractivity contribution in [3.63, 3.8) is 0 Å². The van der Waals surface area contributed by atoms with Gasteiger partial charge in [-0.25, -0.2) is 2.85 Å². The van der Waals surface area contributed by atoms with Crippen molar-refractivity contribution in [2.24, 2.45) is 0 Å². The van der Waals surface area contributed by atoms with Gasteiger partial charge in [-0.1, -0.05) is 26.0 Å². The monoisotopic (exact) mass is 448 g/mol. The zero-order chi connectivity index (χ0) is 17.0. The van der Waals surface area contributed by atoms with Gasteiger partial charge in [0.1, 0.15) is 40.3 Å².